The predicted octanol–water partition coefficient (Wildman–Crippen LogP) is 0.848. The molecule has 1 aliphatic heterocycles. The zero-order valence-corrected chi connectivity index (χ0v) is 10.9. The number of carbonyl (C=O) groups excluding carboxylic acids is 2. The van der Waals surface area contributed by atoms with Crippen LogP contribution in [0, 0.1) is 0 Å². The third-order valence-electron chi connectivity index (χ3n) is 3.50. The second-order valence-corrected chi connectivity index (χ2v) is 4.84. The summed E-state index contributed by atoms with van der Waals surface area (Å²) in [4.78, 5) is 42.3. The number of carboxylic acids is 1. The van der Waals surface area contributed by atoms with Crippen molar-refractivity contribution in [2.45, 2.75) is 18.8 Å². The van der Waals surface area contributed by atoms with Gasteiger partial charge in [-0.05, 0) is 24.1 Å². The van der Waals surface area contributed by atoms with Crippen LogP contribution in [0.2, 0.25) is 0 Å². The quantitative estimate of drug-likeness (QED) is 0.792. The van der Waals surface area contributed by atoms with Crippen LogP contribution in [-0.4, -0.2) is 32.9 Å². The topological polar surface area (TPSA) is 109 Å². The summed E-state index contributed by atoms with van der Waals surface area (Å²) < 4.78 is 0. The summed E-state index contributed by atoms with van der Waals surface area (Å²) in [5, 5.41) is 12.1. The zero-order chi connectivity index (χ0) is 15.0. The van der Waals surface area contributed by atoms with Gasteiger partial charge in [0.25, 0.3) is 0 Å². The molecule has 0 bridgehead atoms. The highest BCUT2D eigenvalue weighted by Crippen LogP contribution is 2.29. The minimum Gasteiger partial charge on any atom is -0.478 e. The number of aromatic carboxylic acids is 1. The molecule has 3 rings (SSSR count). The van der Waals surface area contributed by atoms with E-state index in [2.05, 4.69) is 15.3 Å². The van der Waals surface area contributed by atoms with E-state index in [1.807, 2.05) is 0 Å². The molecule has 106 valence electrons. The Morgan fingerprint density at radius 3 is 2.86 bits per heavy atom. The molecule has 1 atom stereocenters. The summed E-state index contributed by atoms with van der Waals surface area (Å²) in [5.74, 6) is -2.36. The second kappa shape index (κ2) is 4.93. The lowest BCUT2D eigenvalue weighted by molar-refractivity contribution is -0.134. The summed E-state index contributed by atoms with van der Waals surface area (Å²) in [6, 6.07) is 3.14. The van der Waals surface area contributed by atoms with E-state index in [-0.39, 0.29) is 17.9 Å². The number of amides is 2. The van der Waals surface area contributed by atoms with Gasteiger partial charge in [-0.3, -0.25) is 14.9 Å². The first-order chi connectivity index (χ1) is 10.1. The van der Waals surface area contributed by atoms with E-state index in [1.54, 1.807) is 6.07 Å². The Balaban J connectivity index is 2.13. The number of hydrogen-bond acceptors (Lipinski definition) is 5. The number of imide groups is 1. The fraction of sp³-hybridized carbons (Fsp3) is 0.214. The smallest absolute Gasteiger partial charge is 0.337 e. The SMILES string of the molecule is O=C1CCC(c2cc(C(=O)O)c3ncncc3c2)C(=O)N1. The molecule has 0 aliphatic carbocycles. The Labute approximate surface area is 119 Å². The molecule has 2 N–H and O–H groups in total. The molecule has 1 fully saturated rings. The number of hydrogen-bond donors (Lipinski definition) is 2. The normalized spacial score (nSPS) is 18.6. The Hall–Kier alpha value is -2.83. The molecule has 1 saturated heterocycles. The number of rotatable bonds is 2. The van der Waals surface area contributed by atoms with Crippen LogP contribution in [0.4, 0.5) is 0 Å². The Bertz CT molecular complexity index is 772. The van der Waals surface area contributed by atoms with Gasteiger partial charge in [0.2, 0.25) is 11.8 Å². The van der Waals surface area contributed by atoms with Gasteiger partial charge >= 0.3 is 5.97 Å². The second-order valence-electron chi connectivity index (χ2n) is 4.84. The monoisotopic (exact) mass is 285 g/mol. The molecular formula is C14H11N3O4. The molecule has 7 nitrogen and oxygen atoms in total. The first kappa shape index (κ1) is 13.2. The van der Waals surface area contributed by atoms with Crippen molar-refractivity contribution in [1.29, 1.82) is 0 Å². The molecule has 0 radical (unpaired) electrons. The summed E-state index contributed by atoms with van der Waals surface area (Å²) in [6.07, 6.45) is 3.38. The highest BCUT2D eigenvalue weighted by molar-refractivity contribution is 6.04. The van der Waals surface area contributed by atoms with E-state index in [1.165, 1.54) is 18.6 Å². The van der Waals surface area contributed by atoms with Crippen molar-refractivity contribution in [1.82, 2.24) is 15.3 Å². The van der Waals surface area contributed by atoms with Crippen molar-refractivity contribution in [2.75, 3.05) is 0 Å². The predicted molar refractivity (Wildman–Crippen MR) is 71.6 cm³/mol. The zero-order valence-electron chi connectivity index (χ0n) is 10.9. The van der Waals surface area contributed by atoms with Gasteiger partial charge in [0.15, 0.2) is 0 Å². The van der Waals surface area contributed by atoms with Crippen LogP contribution in [0.3, 0.4) is 0 Å². The fourth-order valence-corrected chi connectivity index (χ4v) is 2.50. The Morgan fingerprint density at radius 1 is 1.33 bits per heavy atom. The lowest BCUT2D eigenvalue weighted by Gasteiger charge is -2.21. The molecule has 2 heterocycles. The van der Waals surface area contributed by atoms with Gasteiger partial charge < -0.3 is 5.11 Å². The van der Waals surface area contributed by atoms with Crippen LogP contribution in [-0.2, 0) is 9.59 Å². The minimum atomic E-state index is -1.12. The largest absolute Gasteiger partial charge is 0.478 e. The van der Waals surface area contributed by atoms with Crippen LogP contribution in [0.15, 0.2) is 24.7 Å². The maximum absolute atomic E-state index is 11.9. The van der Waals surface area contributed by atoms with Crippen molar-refractivity contribution in [2.24, 2.45) is 0 Å². The van der Waals surface area contributed by atoms with E-state index in [0.717, 1.165) is 0 Å². The van der Waals surface area contributed by atoms with E-state index >= 15 is 0 Å². The standard InChI is InChI=1S/C14H11N3O4/c18-11-2-1-9(13(19)17-11)7-3-8-5-15-6-16-12(8)10(4-7)14(20)21/h3-6,9H,1-2H2,(H,20,21)(H,17,18,19). The lowest BCUT2D eigenvalue weighted by atomic mass is 9.88. The van der Waals surface area contributed by atoms with Gasteiger partial charge in [-0.15, -0.1) is 0 Å². The van der Waals surface area contributed by atoms with E-state index in [0.29, 0.717) is 22.9 Å². The van der Waals surface area contributed by atoms with Crippen LogP contribution in [0.5, 0.6) is 0 Å². The van der Waals surface area contributed by atoms with Crippen LogP contribution in [0.25, 0.3) is 10.9 Å². The van der Waals surface area contributed by atoms with Crippen LogP contribution in [0.1, 0.15) is 34.7 Å². The van der Waals surface area contributed by atoms with Gasteiger partial charge in [-0.25, -0.2) is 14.8 Å². The third-order valence-corrected chi connectivity index (χ3v) is 3.50. The van der Waals surface area contributed by atoms with E-state index in [4.69, 9.17) is 0 Å². The van der Waals surface area contributed by atoms with Crippen molar-refractivity contribution in [3.05, 3.63) is 35.8 Å². The van der Waals surface area contributed by atoms with Crippen LogP contribution < -0.4 is 5.32 Å². The maximum atomic E-state index is 11.9. The Morgan fingerprint density at radius 2 is 2.14 bits per heavy atom. The Kier molecular flexibility index (Phi) is 3.09. The van der Waals surface area contributed by atoms with Gasteiger partial charge in [-0.2, -0.15) is 0 Å². The average Bonchev–Trinajstić information content (AvgIpc) is 2.46. The van der Waals surface area contributed by atoms with Gasteiger partial charge in [0.05, 0.1) is 17.0 Å². The van der Waals surface area contributed by atoms with Gasteiger partial charge in [0, 0.05) is 18.0 Å². The molecule has 21 heavy (non-hydrogen) atoms. The van der Waals surface area contributed by atoms with E-state index < -0.39 is 17.8 Å². The number of fused-ring (bicyclic) bond motifs is 1. The molecule has 2 aromatic rings. The minimum absolute atomic E-state index is 0.0228. The van der Waals surface area contributed by atoms with Crippen LogP contribution >= 0.6 is 0 Å². The molecule has 0 spiro atoms. The summed E-state index contributed by atoms with van der Waals surface area (Å²) in [5.41, 5.74) is 0.905. The first-order valence-electron chi connectivity index (χ1n) is 6.37. The highest BCUT2D eigenvalue weighted by Gasteiger charge is 2.29. The number of carbonyl (C=O) groups is 3. The first-order valence-corrected chi connectivity index (χ1v) is 6.37. The fourth-order valence-electron chi connectivity index (χ4n) is 2.50. The highest BCUT2D eigenvalue weighted by atomic mass is 16.4. The molecule has 1 unspecified atom stereocenters. The summed E-state index contributed by atoms with van der Waals surface area (Å²) >= 11 is 0. The van der Waals surface area contributed by atoms with Crippen molar-refractivity contribution >= 4 is 28.7 Å². The molecule has 0 saturated carbocycles. The third kappa shape index (κ3) is 2.33. The average molecular weight is 285 g/mol. The molecule has 1 aromatic carbocycles. The lowest BCUT2D eigenvalue weighted by Crippen LogP contribution is -2.39. The maximum Gasteiger partial charge on any atom is 0.337 e. The number of piperidine rings is 1. The number of nitrogens with zero attached hydrogens (tertiary/aromatic N) is 2. The molecule has 1 aromatic heterocycles. The summed E-state index contributed by atoms with van der Waals surface area (Å²) in [6.45, 7) is 0. The number of nitrogens with one attached hydrogen (secondary N) is 1. The molecule has 1 aliphatic rings. The van der Waals surface area contributed by atoms with E-state index in [9.17, 15) is 19.5 Å². The number of benzene rings is 1. The van der Waals surface area contributed by atoms with Crippen molar-refractivity contribution < 1.29 is 19.5 Å². The van der Waals surface area contributed by atoms with Crippen molar-refractivity contribution in [3.63, 3.8) is 0 Å². The summed E-state index contributed by atoms with van der Waals surface area (Å²) in [7, 11) is 0. The van der Waals surface area contributed by atoms with Gasteiger partial charge in [-0.1, -0.05) is 0 Å². The molecule has 2 amide bonds. The number of carboxylic acid groups (broad SMARTS) is 1. The number of aromatic nitrogens is 2. The van der Waals surface area contributed by atoms with Crippen molar-refractivity contribution in [3.8, 4) is 0 Å². The molecule has 7 heteroatoms. The van der Waals surface area contributed by atoms with Gasteiger partial charge in [0.1, 0.15) is 6.33 Å². The molecular weight excluding hydrogens is 274 g/mol.